The highest BCUT2D eigenvalue weighted by Crippen LogP contribution is 2.44. The molecule has 220 valence electrons. The maximum Gasteiger partial charge on any atom is 0.407 e. The Kier molecular flexibility index (Phi) is 10.3. The van der Waals surface area contributed by atoms with Crippen LogP contribution in [0.4, 0.5) is 4.79 Å². The number of carboxylic acids is 1. The van der Waals surface area contributed by atoms with Crippen molar-refractivity contribution in [2.45, 2.75) is 51.0 Å². The molecule has 42 heavy (non-hydrogen) atoms. The van der Waals surface area contributed by atoms with Gasteiger partial charge in [0, 0.05) is 12.3 Å². The largest absolute Gasteiger partial charge is 0.495 e. The number of carbonyl (C=O) groups is 4. The first-order chi connectivity index (χ1) is 20.3. The number of amides is 1. The number of ether oxygens (including phenoxy) is 3. The van der Waals surface area contributed by atoms with Crippen LogP contribution in [0.5, 0.6) is 5.75 Å². The molecule has 1 amide bonds. The molecular weight excluding hydrogens is 538 g/mol. The molecule has 3 aromatic rings. The van der Waals surface area contributed by atoms with Crippen molar-refractivity contribution in [2.75, 3.05) is 20.3 Å². The average Bonchev–Trinajstić information content (AvgIpc) is 3.32. The summed E-state index contributed by atoms with van der Waals surface area (Å²) in [4.78, 5) is 49.4. The number of para-hydroxylation sites is 1. The fourth-order valence-corrected chi connectivity index (χ4v) is 5.33. The second kappa shape index (κ2) is 14.3. The van der Waals surface area contributed by atoms with Gasteiger partial charge in [-0.1, -0.05) is 67.4 Å². The molecule has 4 rings (SSSR count). The highest BCUT2D eigenvalue weighted by Gasteiger charge is 2.30. The summed E-state index contributed by atoms with van der Waals surface area (Å²) in [5.41, 5.74) is 4.84. The third-order valence-electron chi connectivity index (χ3n) is 7.35. The number of rotatable bonds is 14. The zero-order valence-electron chi connectivity index (χ0n) is 23.8. The van der Waals surface area contributed by atoms with Gasteiger partial charge in [-0.3, -0.25) is 4.79 Å². The Morgan fingerprint density at radius 2 is 1.48 bits per heavy atom. The average molecular weight is 574 g/mol. The fourth-order valence-electron chi connectivity index (χ4n) is 5.33. The van der Waals surface area contributed by atoms with Gasteiger partial charge in [0.25, 0.3) is 0 Å². The summed E-state index contributed by atoms with van der Waals surface area (Å²) in [6.07, 6.45) is 1.15. The van der Waals surface area contributed by atoms with Crippen LogP contribution in [0.1, 0.15) is 76.8 Å². The van der Waals surface area contributed by atoms with Crippen molar-refractivity contribution in [3.63, 3.8) is 0 Å². The molecule has 0 bridgehead atoms. The number of esters is 1. The van der Waals surface area contributed by atoms with Gasteiger partial charge in [0.15, 0.2) is 5.78 Å². The van der Waals surface area contributed by atoms with Crippen LogP contribution >= 0.6 is 0 Å². The fraction of sp³-hybridized carbons (Fsp3) is 0.333. The van der Waals surface area contributed by atoms with Crippen LogP contribution in [-0.4, -0.2) is 55.3 Å². The van der Waals surface area contributed by atoms with Crippen LogP contribution in [-0.2, 0) is 14.3 Å². The summed E-state index contributed by atoms with van der Waals surface area (Å²) < 4.78 is 15.9. The predicted molar refractivity (Wildman–Crippen MR) is 156 cm³/mol. The van der Waals surface area contributed by atoms with E-state index in [2.05, 4.69) is 5.32 Å². The van der Waals surface area contributed by atoms with Crippen molar-refractivity contribution in [3.8, 4) is 16.9 Å². The molecule has 0 saturated heterocycles. The lowest BCUT2D eigenvalue weighted by molar-refractivity contribution is -0.139. The highest BCUT2D eigenvalue weighted by atomic mass is 16.5. The van der Waals surface area contributed by atoms with E-state index in [1.165, 1.54) is 7.11 Å². The summed E-state index contributed by atoms with van der Waals surface area (Å²) in [5.74, 6) is -1.85. The van der Waals surface area contributed by atoms with E-state index >= 15 is 0 Å². The van der Waals surface area contributed by atoms with Gasteiger partial charge in [-0.05, 0) is 54.2 Å². The molecule has 1 unspecified atom stereocenters. The van der Waals surface area contributed by atoms with Crippen LogP contribution < -0.4 is 10.1 Å². The van der Waals surface area contributed by atoms with E-state index in [0.717, 1.165) is 22.3 Å². The van der Waals surface area contributed by atoms with E-state index in [-0.39, 0.29) is 49.1 Å². The molecule has 0 aromatic heterocycles. The molecule has 9 heteroatoms. The van der Waals surface area contributed by atoms with Gasteiger partial charge in [-0.15, -0.1) is 0 Å². The van der Waals surface area contributed by atoms with Crippen molar-refractivity contribution in [3.05, 3.63) is 89.0 Å². The minimum absolute atomic E-state index is 0.0924. The molecule has 0 radical (unpaired) electrons. The molecule has 2 N–H and O–H groups in total. The first-order valence-electron chi connectivity index (χ1n) is 14.1. The molecule has 3 aromatic carbocycles. The van der Waals surface area contributed by atoms with Gasteiger partial charge < -0.3 is 24.6 Å². The number of hydrogen-bond acceptors (Lipinski definition) is 7. The molecule has 0 aliphatic heterocycles. The molecule has 1 atom stereocenters. The molecule has 1 aliphatic rings. The van der Waals surface area contributed by atoms with Crippen LogP contribution in [0.25, 0.3) is 11.1 Å². The van der Waals surface area contributed by atoms with Gasteiger partial charge in [-0.25, -0.2) is 14.4 Å². The SMILES string of the molecule is CCOC(=O)c1cccc(C(=O)CCCCCC(NC(=O)OCC2c3ccccc3-c3ccccc32)C(=O)O)c1OC. The van der Waals surface area contributed by atoms with Crippen molar-refractivity contribution in [1.29, 1.82) is 0 Å². The monoisotopic (exact) mass is 573 g/mol. The number of methoxy groups -OCH3 is 1. The normalized spacial score (nSPS) is 12.5. The van der Waals surface area contributed by atoms with E-state index in [9.17, 15) is 24.3 Å². The summed E-state index contributed by atoms with van der Waals surface area (Å²) in [7, 11) is 1.39. The minimum atomic E-state index is -1.15. The molecule has 0 heterocycles. The maximum absolute atomic E-state index is 12.8. The van der Waals surface area contributed by atoms with Crippen LogP contribution in [0, 0.1) is 0 Å². The number of hydrogen-bond donors (Lipinski definition) is 2. The van der Waals surface area contributed by atoms with E-state index in [4.69, 9.17) is 14.2 Å². The van der Waals surface area contributed by atoms with Crippen LogP contribution in [0.2, 0.25) is 0 Å². The van der Waals surface area contributed by atoms with Crippen LogP contribution in [0.15, 0.2) is 66.7 Å². The summed E-state index contributed by atoms with van der Waals surface area (Å²) in [6, 6.07) is 19.6. The lowest BCUT2D eigenvalue weighted by Crippen LogP contribution is -2.41. The van der Waals surface area contributed by atoms with Crippen molar-refractivity contribution in [1.82, 2.24) is 5.32 Å². The summed E-state index contributed by atoms with van der Waals surface area (Å²) in [5, 5.41) is 12.1. The number of Topliss-reactive ketones (excluding diaryl/α,β-unsaturated/α-hetero) is 1. The molecule has 9 nitrogen and oxygen atoms in total. The first kappa shape index (κ1) is 30.3. The maximum atomic E-state index is 12.8. The van der Waals surface area contributed by atoms with Gasteiger partial charge in [0.1, 0.15) is 24.0 Å². The predicted octanol–water partition coefficient (Wildman–Crippen LogP) is 6.00. The summed E-state index contributed by atoms with van der Waals surface area (Å²) >= 11 is 0. The zero-order chi connectivity index (χ0) is 30.1. The first-order valence-corrected chi connectivity index (χ1v) is 14.1. The van der Waals surface area contributed by atoms with E-state index < -0.39 is 24.1 Å². The van der Waals surface area contributed by atoms with Gasteiger partial charge in [0.05, 0.1) is 19.3 Å². The number of benzene rings is 3. The number of ketones is 1. The lowest BCUT2D eigenvalue weighted by atomic mass is 9.98. The number of carbonyl (C=O) groups excluding carboxylic acids is 3. The molecule has 1 aliphatic carbocycles. The number of fused-ring (bicyclic) bond motifs is 3. The number of nitrogens with one attached hydrogen (secondary N) is 1. The quantitative estimate of drug-likeness (QED) is 0.137. The Morgan fingerprint density at radius 3 is 2.10 bits per heavy atom. The number of alkyl carbamates (subject to hydrolysis) is 1. The number of aliphatic carboxylic acids is 1. The second-order valence-electron chi connectivity index (χ2n) is 9.99. The highest BCUT2D eigenvalue weighted by molar-refractivity contribution is 6.03. The van der Waals surface area contributed by atoms with Crippen molar-refractivity contribution < 1.29 is 38.5 Å². The van der Waals surface area contributed by atoms with E-state index in [1.807, 2.05) is 48.5 Å². The molecular formula is C33H35NO8. The van der Waals surface area contributed by atoms with Gasteiger partial charge >= 0.3 is 18.0 Å². The molecule has 0 saturated carbocycles. The van der Waals surface area contributed by atoms with Crippen molar-refractivity contribution >= 4 is 23.8 Å². The third kappa shape index (κ3) is 6.97. The number of unbranched alkanes of at least 4 members (excludes halogenated alkanes) is 2. The molecule has 0 spiro atoms. The Bertz CT molecular complexity index is 1400. The third-order valence-corrected chi connectivity index (χ3v) is 7.35. The van der Waals surface area contributed by atoms with Crippen molar-refractivity contribution in [2.24, 2.45) is 0 Å². The topological polar surface area (TPSA) is 128 Å². The number of carboxylic acid groups (broad SMARTS) is 1. The van der Waals surface area contributed by atoms with E-state index in [1.54, 1.807) is 25.1 Å². The Balaban J connectivity index is 1.25. The lowest BCUT2D eigenvalue weighted by Gasteiger charge is -2.17. The smallest absolute Gasteiger partial charge is 0.407 e. The van der Waals surface area contributed by atoms with E-state index in [0.29, 0.717) is 24.8 Å². The Morgan fingerprint density at radius 1 is 0.833 bits per heavy atom. The molecule has 0 fully saturated rings. The van der Waals surface area contributed by atoms with Gasteiger partial charge in [-0.2, -0.15) is 0 Å². The second-order valence-corrected chi connectivity index (χ2v) is 9.99. The Hall–Kier alpha value is -4.66. The summed E-state index contributed by atoms with van der Waals surface area (Å²) in [6.45, 7) is 1.99. The van der Waals surface area contributed by atoms with Crippen LogP contribution in [0.3, 0.4) is 0 Å². The zero-order valence-corrected chi connectivity index (χ0v) is 23.8. The Labute approximate surface area is 244 Å². The van der Waals surface area contributed by atoms with Gasteiger partial charge in [0.2, 0.25) is 0 Å². The standard InChI is InChI=1S/C33H35NO8/c1-3-41-32(38)26-17-11-16-25(30(26)40-2)29(35)19-6-4-5-18-28(31(36)37)34-33(39)42-20-27-23-14-9-7-12-21(23)22-13-8-10-15-24(22)27/h7-17,27-28H,3-6,18-20H2,1-2H3,(H,34,39)(H,36,37). The minimum Gasteiger partial charge on any atom is -0.495 e.